The van der Waals surface area contributed by atoms with Crippen LogP contribution in [0.1, 0.15) is 36.1 Å². The Bertz CT molecular complexity index is 293. The van der Waals surface area contributed by atoms with Crippen molar-refractivity contribution in [1.82, 2.24) is 5.32 Å². The van der Waals surface area contributed by atoms with Gasteiger partial charge in [-0.05, 0) is 44.0 Å². The van der Waals surface area contributed by atoms with Crippen LogP contribution in [0.3, 0.4) is 0 Å². The first-order valence-electron chi connectivity index (χ1n) is 5.04. The van der Waals surface area contributed by atoms with Crippen LogP contribution in [0.4, 0.5) is 0 Å². The number of benzene rings is 1. The average molecular weight is 256 g/mol. The normalized spacial score (nSPS) is 12.9. The Morgan fingerprint density at radius 3 is 2.14 bits per heavy atom. The second-order valence-corrected chi connectivity index (χ2v) is 4.51. The van der Waals surface area contributed by atoms with Gasteiger partial charge in [-0.3, -0.25) is 0 Å². The first-order chi connectivity index (χ1) is 6.60. The van der Waals surface area contributed by atoms with E-state index in [1.807, 2.05) is 7.05 Å². The van der Waals surface area contributed by atoms with Crippen LogP contribution >= 0.6 is 15.9 Å². The fourth-order valence-electron chi connectivity index (χ4n) is 1.79. The molecule has 0 radical (unpaired) electrons. The molecule has 0 aliphatic carbocycles. The van der Waals surface area contributed by atoms with Gasteiger partial charge < -0.3 is 5.32 Å². The van der Waals surface area contributed by atoms with E-state index in [2.05, 4.69) is 54.2 Å². The summed E-state index contributed by atoms with van der Waals surface area (Å²) in [6.45, 7) is 6.49. The summed E-state index contributed by atoms with van der Waals surface area (Å²) in [6.07, 6.45) is 1.12. The summed E-state index contributed by atoms with van der Waals surface area (Å²) >= 11 is 3.59. The Balaban J connectivity index is 3.11. The van der Waals surface area contributed by atoms with Crippen molar-refractivity contribution in [2.45, 2.75) is 33.2 Å². The lowest BCUT2D eigenvalue weighted by Gasteiger charge is -2.16. The molecule has 1 rings (SSSR count). The minimum atomic E-state index is 0.473. The molecule has 1 N–H and O–H groups in total. The number of hydrogen-bond donors (Lipinski definition) is 1. The molecule has 0 heterocycles. The van der Waals surface area contributed by atoms with Gasteiger partial charge in [0.1, 0.15) is 0 Å². The van der Waals surface area contributed by atoms with Crippen LogP contribution in [0.2, 0.25) is 0 Å². The zero-order valence-electron chi connectivity index (χ0n) is 9.32. The molecular formula is C12H18BrN. The molecule has 78 valence electrons. The second-order valence-electron chi connectivity index (χ2n) is 3.72. The van der Waals surface area contributed by atoms with Crippen LogP contribution in [0, 0.1) is 13.8 Å². The Hall–Kier alpha value is -0.340. The second kappa shape index (κ2) is 4.94. The Morgan fingerprint density at radius 1 is 1.29 bits per heavy atom. The Kier molecular flexibility index (Phi) is 4.14. The Morgan fingerprint density at radius 2 is 1.79 bits per heavy atom. The van der Waals surface area contributed by atoms with E-state index >= 15 is 0 Å². The number of halogens is 1. The van der Waals surface area contributed by atoms with Crippen LogP contribution in [0.25, 0.3) is 0 Å². The fourth-order valence-corrected chi connectivity index (χ4v) is 2.02. The van der Waals surface area contributed by atoms with Gasteiger partial charge in [0.15, 0.2) is 0 Å². The monoisotopic (exact) mass is 255 g/mol. The molecule has 1 aromatic rings. The maximum atomic E-state index is 3.59. The van der Waals surface area contributed by atoms with E-state index in [1.54, 1.807) is 0 Å². The van der Waals surface area contributed by atoms with Gasteiger partial charge in [-0.1, -0.05) is 35.0 Å². The highest BCUT2D eigenvalue weighted by molar-refractivity contribution is 9.10. The molecule has 1 nitrogen and oxygen atoms in total. The van der Waals surface area contributed by atoms with Gasteiger partial charge in [-0.25, -0.2) is 0 Å². The topological polar surface area (TPSA) is 12.0 Å². The average Bonchev–Trinajstić information content (AvgIpc) is 2.16. The van der Waals surface area contributed by atoms with Gasteiger partial charge in [0.05, 0.1) is 0 Å². The molecule has 0 saturated heterocycles. The quantitative estimate of drug-likeness (QED) is 0.868. The van der Waals surface area contributed by atoms with Crippen LogP contribution < -0.4 is 5.32 Å². The highest BCUT2D eigenvalue weighted by Crippen LogP contribution is 2.26. The third-order valence-corrected chi connectivity index (χ3v) is 3.87. The summed E-state index contributed by atoms with van der Waals surface area (Å²) in [4.78, 5) is 0. The van der Waals surface area contributed by atoms with Gasteiger partial charge >= 0.3 is 0 Å². The lowest BCUT2D eigenvalue weighted by molar-refractivity contribution is 0.576. The van der Waals surface area contributed by atoms with Crippen molar-refractivity contribution >= 4 is 15.9 Å². The molecule has 14 heavy (non-hydrogen) atoms. The SMILES string of the molecule is CCC(NC)c1cc(C)c(Br)c(C)c1. The molecular weight excluding hydrogens is 238 g/mol. The van der Waals surface area contributed by atoms with Crippen molar-refractivity contribution in [2.24, 2.45) is 0 Å². The maximum absolute atomic E-state index is 3.59. The molecule has 0 aromatic heterocycles. The van der Waals surface area contributed by atoms with E-state index in [-0.39, 0.29) is 0 Å². The summed E-state index contributed by atoms with van der Waals surface area (Å²) in [7, 11) is 2.01. The van der Waals surface area contributed by atoms with E-state index in [9.17, 15) is 0 Å². The zero-order chi connectivity index (χ0) is 10.7. The first kappa shape index (κ1) is 11.7. The summed E-state index contributed by atoms with van der Waals surface area (Å²) in [5.74, 6) is 0. The van der Waals surface area contributed by atoms with Gasteiger partial charge in [-0.2, -0.15) is 0 Å². The molecule has 1 unspecified atom stereocenters. The first-order valence-corrected chi connectivity index (χ1v) is 5.83. The van der Waals surface area contributed by atoms with Crippen molar-refractivity contribution in [3.05, 3.63) is 33.3 Å². The molecule has 0 aliphatic heterocycles. The predicted octanol–water partition coefficient (Wildman–Crippen LogP) is 3.74. The van der Waals surface area contributed by atoms with Crippen molar-refractivity contribution < 1.29 is 0 Å². The smallest absolute Gasteiger partial charge is 0.0315 e. The number of nitrogens with one attached hydrogen (secondary N) is 1. The standard InChI is InChI=1S/C12H18BrN/c1-5-11(14-4)10-6-8(2)12(13)9(3)7-10/h6-7,11,14H,5H2,1-4H3. The molecule has 0 spiro atoms. The highest BCUT2D eigenvalue weighted by Gasteiger charge is 2.09. The Labute approximate surface area is 95.0 Å². The summed E-state index contributed by atoms with van der Waals surface area (Å²) < 4.78 is 1.23. The van der Waals surface area contributed by atoms with E-state index in [0.29, 0.717) is 6.04 Å². The third-order valence-electron chi connectivity index (χ3n) is 2.62. The molecule has 0 fully saturated rings. The van der Waals surface area contributed by atoms with Crippen molar-refractivity contribution in [3.8, 4) is 0 Å². The van der Waals surface area contributed by atoms with Gasteiger partial charge in [-0.15, -0.1) is 0 Å². The third kappa shape index (κ3) is 2.37. The molecule has 1 aromatic carbocycles. The van der Waals surface area contributed by atoms with Crippen LogP contribution in [-0.2, 0) is 0 Å². The highest BCUT2D eigenvalue weighted by atomic mass is 79.9. The van der Waals surface area contributed by atoms with Gasteiger partial charge in [0.2, 0.25) is 0 Å². The molecule has 1 atom stereocenters. The molecule has 0 bridgehead atoms. The van der Waals surface area contributed by atoms with E-state index in [1.165, 1.54) is 21.2 Å². The van der Waals surface area contributed by atoms with Gasteiger partial charge in [0, 0.05) is 10.5 Å². The summed E-state index contributed by atoms with van der Waals surface area (Å²) in [5, 5.41) is 3.33. The molecule has 0 aliphatic rings. The van der Waals surface area contributed by atoms with Gasteiger partial charge in [0.25, 0.3) is 0 Å². The minimum absolute atomic E-state index is 0.473. The van der Waals surface area contributed by atoms with E-state index < -0.39 is 0 Å². The lowest BCUT2D eigenvalue weighted by atomic mass is 10.00. The summed E-state index contributed by atoms with van der Waals surface area (Å²) in [5.41, 5.74) is 4.01. The molecule has 2 heteroatoms. The molecule has 0 amide bonds. The van der Waals surface area contributed by atoms with Crippen molar-refractivity contribution in [3.63, 3.8) is 0 Å². The van der Waals surface area contributed by atoms with Crippen molar-refractivity contribution in [1.29, 1.82) is 0 Å². The van der Waals surface area contributed by atoms with Crippen LogP contribution in [0.15, 0.2) is 16.6 Å². The van der Waals surface area contributed by atoms with E-state index in [0.717, 1.165) is 6.42 Å². The molecule has 0 saturated carbocycles. The number of rotatable bonds is 3. The van der Waals surface area contributed by atoms with Crippen molar-refractivity contribution in [2.75, 3.05) is 7.05 Å². The predicted molar refractivity (Wildman–Crippen MR) is 65.7 cm³/mol. The minimum Gasteiger partial charge on any atom is -0.313 e. The summed E-state index contributed by atoms with van der Waals surface area (Å²) in [6, 6.07) is 4.98. The lowest BCUT2D eigenvalue weighted by Crippen LogP contribution is -2.15. The fraction of sp³-hybridized carbons (Fsp3) is 0.500. The van der Waals surface area contributed by atoms with Crippen LogP contribution in [-0.4, -0.2) is 7.05 Å². The zero-order valence-corrected chi connectivity index (χ0v) is 10.9. The van der Waals surface area contributed by atoms with E-state index in [4.69, 9.17) is 0 Å². The number of hydrogen-bond acceptors (Lipinski definition) is 1. The number of aryl methyl sites for hydroxylation is 2. The largest absolute Gasteiger partial charge is 0.313 e. The van der Waals surface area contributed by atoms with Crippen LogP contribution in [0.5, 0.6) is 0 Å². The maximum Gasteiger partial charge on any atom is 0.0315 e.